The molecule has 0 bridgehead atoms. The molecular weight excluding hydrogens is 431 g/mol. The highest BCUT2D eigenvalue weighted by molar-refractivity contribution is 7.89. The van der Waals surface area contributed by atoms with Crippen LogP contribution in [-0.2, 0) is 21.2 Å². The summed E-state index contributed by atoms with van der Waals surface area (Å²) in [6.45, 7) is 4.99. The minimum absolute atomic E-state index is 0.0450. The monoisotopic (exact) mass is 462 g/mol. The minimum Gasteiger partial charge on any atom is -0.491 e. The summed E-state index contributed by atoms with van der Waals surface area (Å²) < 4.78 is 45.9. The molecule has 1 aliphatic rings. The number of carbonyl (C=O) groups excluding carboxylic acids is 1. The number of ether oxygens (including phenoxy) is 1. The van der Waals surface area contributed by atoms with Crippen LogP contribution in [0.15, 0.2) is 53.4 Å². The first-order chi connectivity index (χ1) is 15.3. The molecule has 1 amide bonds. The number of sulfonamides is 1. The summed E-state index contributed by atoms with van der Waals surface area (Å²) in [5, 5.41) is 2.95. The van der Waals surface area contributed by atoms with E-state index in [1.807, 2.05) is 38.1 Å². The van der Waals surface area contributed by atoms with Crippen molar-refractivity contribution in [3.63, 3.8) is 0 Å². The summed E-state index contributed by atoms with van der Waals surface area (Å²) in [6, 6.07) is 12.7. The van der Waals surface area contributed by atoms with Crippen molar-refractivity contribution in [3.05, 3.63) is 59.9 Å². The molecule has 3 rings (SSSR count). The summed E-state index contributed by atoms with van der Waals surface area (Å²) >= 11 is 0. The fraction of sp³-hybridized carbons (Fsp3) is 0.458. The van der Waals surface area contributed by atoms with Crippen LogP contribution in [0.2, 0.25) is 0 Å². The summed E-state index contributed by atoms with van der Waals surface area (Å²) in [5.41, 5.74) is 1.15. The van der Waals surface area contributed by atoms with E-state index in [0.717, 1.165) is 36.3 Å². The van der Waals surface area contributed by atoms with E-state index in [-0.39, 0.29) is 29.4 Å². The van der Waals surface area contributed by atoms with Gasteiger partial charge in [0.2, 0.25) is 15.9 Å². The number of amides is 1. The third-order valence-corrected chi connectivity index (χ3v) is 7.30. The van der Waals surface area contributed by atoms with E-state index in [4.69, 9.17) is 4.74 Å². The molecule has 0 aromatic heterocycles. The maximum Gasteiger partial charge on any atom is 0.243 e. The fourth-order valence-corrected chi connectivity index (χ4v) is 5.35. The molecule has 1 saturated heterocycles. The Kier molecular flexibility index (Phi) is 8.26. The molecule has 1 heterocycles. The van der Waals surface area contributed by atoms with Gasteiger partial charge < -0.3 is 10.1 Å². The molecule has 0 radical (unpaired) electrons. The maximum absolute atomic E-state index is 13.1. The zero-order valence-electron chi connectivity index (χ0n) is 18.6. The number of hydrogen-bond donors (Lipinski definition) is 1. The second-order valence-corrected chi connectivity index (χ2v) is 10.3. The van der Waals surface area contributed by atoms with Gasteiger partial charge in [-0.2, -0.15) is 4.31 Å². The molecule has 8 heteroatoms. The number of benzene rings is 2. The van der Waals surface area contributed by atoms with Crippen LogP contribution in [0.3, 0.4) is 0 Å². The number of carbonyl (C=O) groups is 1. The predicted octanol–water partition coefficient (Wildman–Crippen LogP) is 3.76. The molecule has 1 unspecified atom stereocenters. The Labute approximate surface area is 189 Å². The van der Waals surface area contributed by atoms with E-state index in [2.05, 4.69) is 5.32 Å². The van der Waals surface area contributed by atoms with E-state index in [1.54, 1.807) is 0 Å². The van der Waals surface area contributed by atoms with Crippen LogP contribution in [0.5, 0.6) is 5.75 Å². The lowest BCUT2D eigenvalue weighted by Crippen LogP contribution is -2.45. The smallest absolute Gasteiger partial charge is 0.243 e. The van der Waals surface area contributed by atoms with Crippen molar-refractivity contribution in [2.45, 2.75) is 50.5 Å². The topological polar surface area (TPSA) is 75.7 Å². The normalized spacial score (nSPS) is 17.3. The molecule has 174 valence electrons. The van der Waals surface area contributed by atoms with Crippen LogP contribution in [0.25, 0.3) is 0 Å². The number of halogens is 1. The average Bonchev–Trinajstić information content (AvgIpc) is 2.77. The van der Waals surface area contributed by atoms with Crippen LogP contribution < -0.4 is 10.1 Å². The van der Waals surface area contributed by atoms with E-state index in [9.17, 15) is 17.6 Å². The quantitative estimate of drug-likeness (QED) is 0.576. The molecule has 0 saturated carbocycles. The number of hydrogen-bond acceptors (Lipinski definition) is 4. The Morgan fingerprint density at radius 2 is 1.97 bits per heavy atom. The summed E-state index contributed by atoms with van der Waals surface area (Å²) in [4.78, 5) is 12.7. The fourth-order valence-electron chi connectivity index (χ4n) is 3.83. The first-order valence-corrected chi connectivity index (χ1v) is 12.5. The number of nitrogens with zero attached hydrogens (tertiary/aromatic N) is 1. The maximum atomic E-state index is 13.1. The standard InChI is InChI=1S/C24H31FN2O4S/c1-18(2)31-22-9-3-6-19(16-22)7-4-14-26-24(28)20-8-5-15-27(17-20)32(29,30)23-12-10-21(25)11-13-23/h3,6,9-13,16,18,20H,4-5,7-8,14-15,17H2,1-2H3,(H,26,28). The van der Waals surface area contributed by atoms with Gasteiger partial charge in [0.15, 0.2) is 0 Å². The van der Waals surface area contributed by atoms with Gasteiger partial charge in [0.25, 0.3) is 0 Å². The van der Waals surface area contributed by atoms with Crippen LogP contribution in [0, 0.1) is 11.7 Å². The molecule has 2 aromatic rings. The van der Waals surface area contributed by atoms with Crippen LogP contribution in [0.1, 0.15) is 38.7 Å². The number of rotatable bonds is 9. The molecule has 1 fully saturated rings. The Hall–Kier alpha value is -2.45. The van der Waals surface area contributed by atoms with Crippen LogP contribution in [0.4, 0.5) is 4.39 Å². The largest absolute Gasteiger partial charge is 0.491 e. The summed E-state index contributed by atoms with van der Waals surface area (Å²) in [5.74, 6) is -0.159. The molecule has 1 atom stereocenters. The van der Waals surface area contributed by atoms with Crippen molar-refractivity contribution in [2.75, 3.05) is 19.6 Å². The third-order valence-electron chi connectivity index (χ3n) is 5.42. The van der Waals surface area contributed by atoms with Gasteiger partial charge in [-0.1, -0.05) is 12.1 Å². The van der Waals surface area contributed by atoms with Crippen molar-refractivity contribution >= 4 is 15.9 Å². The van der Waals surface area contributed by atoms with Gasteiger partial charge in [-0.05, 0) is 81.5 Å². The molecule has 6 nitrogen and oxygen atoms in total. The lowest BCUT2D eigenvalue weighted by molar-refractivity contribution is -0.126. The molecule has 0 spiro atoms. The van der Waals surface area contributed by atoms with Gasteiger partial charge in [-0.25, -0.2) is 12.8 Å². The first-order valence-electron chi connectivity index (χ1n) is 11.0. The number of aryl methyl sites for hydroxylation is 1. The SMILES string of the molecule is CC(C)Oc1cccc(CCCNC(=O)C2CCCN(S(=O)(=O)c3ccc(F)cc3)C2)c1. The highest BCUT2D eigenvalue weighted by atomic mass is 32.2. The van der Waals surface area contributed by atoms with E-state index >= 15 is 0 Å². The highest BCUT2D eigenvalue weighted by Gasteiger charge is 2.33. The highest BCUT2D eigenvalue weighted by Crippen LogP contribution is 2.24. The molecule has 1 aliphatic heterocycles. The van der Waals surface area contributed by atoms with Gasteiger partial charge in [-0.15, -0.1) is 0 Å². The molecule has 32 heavy (non-hydrogen) atoms. The summed E-state index contributed by atoms with van der Waals surface area (Å²) in [7, 11) is -3.74. The van der Waals surface area contributed by atoms with E-state index in [1.165, 1.54) is 16.4 Å². The molecule has 2 aromatic carbocycles. The Balaban J connectivity index is 1.49. The minimum atomic E-state index is -3.74. The van der Waals surface area contributed by atoms with E-state index < -0.39 is 15.8 Å². The van der Waals surface area contributed by atoms with Crippen LogP contribution >= 0.6 is 0 Å². The van der Waals surface area contributed by atoms with Crippen molar-refractivity contribution in [3.8, 4) is 5.75 Å². The number of piperidine rings is 1. The average molecular weight is 463 g/mol. The molecular formula is C24H31FN2O4S. The van der Waals surface area contributed by atoms with Gasteiger partial charge in [0.05, 0.1) is 16.9 Å². The Bertz CT molecular complexity index is 1010. The number of nitrogens with one attached hydrogen (secondary N) is 1. The van der Waals surface area contributed by atoms with E-state index in [0.29, 0.717) is 25.9 Å². The molecule has 0 aliphatic carbocycles. The van der Waals surface area contributed by atoms with Gasteiger partial charge in [0, 0.05) is 19.6 Å². The van der Waals surface area contributed by atoms with Crippen LogP contribution in [-0.4, -0.2) is 44.4 Å². The third kappa shape index (κ3) is 6.53. The Morgan fingerprint density at radius 1 is 1.22 bits per heavy atom. The lowest BCUT2D eigenvalue weighted by atomic mass is 9.99. The zero-order chi connectivity index (χ0) is 23.1. The molecule has 1 N–H and O–H groups in total. The van der Waals surface area contributed by atoms with Gasteiger partial charge >= 0.3 is 0 Å². The predicted molar refractivity (Wildman–Crippen MR) is 121 cm³/mol. The van der Waals surface area contributed by atoms with Crippen molar-refractivity contribution in [1.82, 2.24) is 9.62 Å². The Morgan fingerprint density at radius 3 is 2.69 bits per heavy atom. The van der Waals surface area contributed by atoms with Crippen molar-refractivity contribution in [2.24, 2.45) is 5.92 Å². The van der Waals surface area contributed by atoms with Gasteiger partial charge in [-0.3, -0.25) is 4.79 Å². The van der Waals surface area contributed by atoms with Crippen molar-refractivity contribution < 1.29 is 22.3 Å². The van der Waals surface area contributed by atoms with Crippen molar-refractivity contribution in [1.29, 1.82) is 0 Å². The lowest BCUT2D eigenvalue weighted by Gasteiger charge is -2.31. The second kappa shape index (κ2) is 10.9. The first kappa shape index (κ1) is 24.2. The van der Waals surface area contributed by atoms with Gasteiger partial charge in [0.1, 0.15) is 11.6 Å². The second-order valence-electron chi connectivity index (χ2n) is 8.36. The summed E-state index contributed by atoms with van der Waals surface area (Å²) in [6.07, 6.45) is 2.97. The zero-order valence-corrected chi connectivity index (χ0v) is 19.4.